The number of nitrogens with zero attached hydrogens (tertiary/aromatic N) is 3. The molecule has 1 fully saturated rings. The van der Waals surface area contributed by atoms with Crippen molar-refractivity contribution in [3.8, 4) is 0 Å². The second-order valence-electron chi connectivity index (χ2n) is 8.56. The molecule has 1 aliphatic carbocycles. The number of primary amides is 1. The number of ether oxygens (including phenoxy) is 1. The van der Waals surface area contributed by atoms with Crippen LogP contribution in [0.1, 0.15) is 26.2 Å². The number of benzene rings is 2. The van der Waals surface area contributed by atoms with E-state index in [9.17, 15) is 9.59 Å². The van der Waals surface area contributed by atoms with Gasteiger partial charge in [-0.2, -0.15) is 0 Å². The number of fused-ring (bicyclic) bond motifs is 3. The van der Waals surface area contributed by atoms with Crippen molar-refractivity contribution in [2.24, 2.45) is 11.7 Å². The molecule has 5 rings (SSSR count). The Balaban J connectivity index is 1.61. The molecule has 2 aliphatic heterocycles. The average Bonchev–Trinajstić information content (AvgIpc) is 3.49. The van der Waals surface area contributed by atoms with E-state index in [1.807, 2.05) is 47.1 Å². The maximum Gasteiger partial charge on any atom is 0.356 e. The number of anilines is 3. The number of esters is 1. The largest absolute Gasteiger partial charge is 0.461 e. The molecule has 1 saturated carbocycles. The highest BCUT2D eigenvalue weighted by Gasteiger charge is 2.50. The molecule has 3 aliphatic rings. The fourth-order valence-electron chi connectivity index (χ4n) is 4.47. The Labute approximate surface area is 202 Å². The van der Waals surface area contributed by atoms with E-state index in [1.165, 1.54) is 0 Å². The molecule has 2 heterocycles. The maximum atomic E-state index is 13.3. The topological polar surface area (TPSA) is 79.1 Å². The third-order valence-electron chi connectivity index (χ3n) is 6.26. The van der Waals surface area contributed by atoms with Crippen LogP contribution < -0.4 is 15.5 Å². The zero-order chi connectivity index (χ0) is 23.3. The molecule has 7 nitrogen and oxygen atoms in total. The minimum atomic E-state index is -0.441. The number of nitrogens with two attached hydrogens (primary N) is 1. The number of carbonyl (C=O) groups excluding carboxylic acids is 2. The van der Waals surface area contributed by atoms with Gasteiger partial charge in [0.2, 0.25) is 5.91 Å². The molecule has 0 radical (unpaired) electrons. The van der Waals surface area contributed by atoms with Crippen molar-refractivity contribution in [1.29, 1.82) is 0 Å². The Kier molecular flexibility index (Phi) is 5.62. The van der Waals surface area contributed by atoms with E-state index < -0.39 is 12.2 Å². The zero-order valence-electron chi connectivity index (χ0n) is 18.1. The van der Waals surface area contributed by atoms with Crippen LogP contribution in [-0.2, 0) is 14.3 Å². The van der Waals surface area contributed by atoms with E-state index in [0.29, 0.717) is 34.8 Å². The summed E-state index contributed by atoms with van der Waals surface area (Å²) < 4.78 is 5.68. The predicted octanol–water partition coefficient (Wildman–Crippen LogP) is 4.61. The highest BCUT2D eigenvalue weighted by Crippen LogP contribution is 2.52. The van der Waals surface area contributed by atoms with Crippen LogP contribution >= 0.6 is 23.2 Å². The first-order valence-corrected chi connectivity index (χ1v) is 11.7. The molecular weight excluding hydrogens is 463 g/mol. The van der Waals surface area contributed by atoms with E-state index in [4.69, 9.17) is 33.7 Å². The summed E-state index contributed by atoms with van der Waals surface area (Å²) in [5, 5.41) is 1.01. The molecule has 172 valence electrons. The predicted molar refractivity (Wildman–Crippen MR) is 128 cm³/mol. The summed E-state index contributed by atoms with van der Waals surface area (Å²) in [7, 11) is 0. The molecule has 0 spiro atoms. The van der Waals surface area contributed by atoms with E-state index in [1.54, 1.807) is 12.1 Å². The zero-order valence-corrected chi connectivity index (χ0v) is 19.6. The summed E-state index contributed by atoms with van der Waals surface area (Å²) in [4.78, 5) is 30.9. The molecule has 1 atom stereocenters. The van der Waals surface area contributed by atoms with Crippen LogP contribution in [0, 0.1) is 5.92 Å². The third kappa shape index (κ3) is 3.89. The number of hydrogen-bond donors (Lipinski definition) is 1. The second kappa shape index (κ2) is 8.47. The lowest BCUT2D eigenvalue weighted by Gasteiger charge is -2.36. The molecule has 0 aromatic heterocycles. The Morgan fingerprint density at radius 2 is 1.76 bits per heavy atom. The van der Waals surface area contributed by atoms with Crippen LogP contribution in [0.2, 0.25) is 10.0 Å². The molecule has 33 heavy (non-hydrogen) atoms. The normalized spacial score (nSPS) is 19.1. The monoisotopic (exact) mass is 486 g/mol. The fourth-order valence-corrected chi connectivity index (χ4v) is 4.97. The minimum Gasteiger partial charge on any atom is -0.461 e. The number of para-hydroxylation sites is 2. The van der Waals surface area contributed by atoms with Gasteiger partial charge in [-0.05, 0) is 56.0 Å². The van der Waals surface area contributed by atoms with Gasteiger partial charge in [-0.1, -0.05) is 35.3 Å². The third-order valence-corrected chi connectivity index (χ3v) is 6.80. The van der Waals surface area contributed by atoms with Crippen molar-refractivity contribution in [2.45, 2.75) is 32.5 Å². The molecule has 2 aromatic carbocycles. The lowest BCUT2D eigenvalue weighted by Crippen LogP contribution is -2.48. The first kappa shape index (κ1) is 21.9. The van der Waals surface area contributed by atoms with Crippen molar-refractivity contribution < 1.29 is 14.3 Å². The summed E-state index contributed by atoms with van der Waals surface area (Å²) in [6, 6.07) is 13.1. The van der Waals surface area contributed by atoms with Gasteiger partial charge in [0.05, 0.1) is 28.7 Å². The van der Waals surface area contributed by atoms with Crippen LogP contribution in [0.3, 0.4) is 0 Å². The van der Waals surface area contributed by atoms with Gasteiger partial charge in [0, 0.05) is 23.7 Å². The average molecular weight is 487 g/mol. The van der Waals surface area contributed by atoms with Crippen molar-refractivity contribution in [2.75, 3.05) is 23.0 Å². The van der Waals surface area contributed by atoms with E-state index in [0.717, 1.165) is 35.6 Å². The lowest BCUT2D eigenvalue weighted by molar-refractivity contribution is -0.139. The summed E-state index contributed by atoms with van der Waals surface area (Å²) >= 11 is 12.8. The first-order valence-electron chi connectivity index (χ1n) is 10.9. The highest BCUT2D eigenvalue weighted by molar-refractivity contribution is 6.36. The quantitative estimate of drug-likeness (QED) is 0.575. The van der Waals surface area contributed by atoms with E-state index >= 15 is 0 Å². The highest BCUT2D eigenvalue weighted by atomic mass is 35.5. The SMILES string of the molecule is CC1=C(C(=O)OCC2CC2)N2c3ccccc3N(c3ccc(Cl)cc3Cl)C2N1CCC(N)=O. The molecule has 1 amide bonds. The van der Waals surface area contributed by atoms with Crippen molar-refractivity contribution in [3.05, 3.63) is 63.9 Å². The Bertz CT molecular complexity index is 1160. The van der Waals surface area contributed by atoms with Gasteiger partial charge in [-0.3, -0.25) is 14.6 Å². The summed E-state index contributed by atoms with van der Waals surface area (Å²) in [5.41, 5.74) is 9.14. The smallest absolute Gasteiger partial charge is 0.356 e. The van der Waals surface area contributed by atoms with Gasteiger partial charge in [-0.15, -0.1) is 0 Å². The Morgan fingerprint density at radius 1 is 1.06 bits per heavy atom. The van der Waals surface area contributed by atoms with Gasteiger partial charge in [0.1, 0.15) is 5.70 Å². The van der Waals surface area contributed by atoms with Crippen molar-refractivity contribution >= 4 is 52.1 Å². The first-order chi connectivity index (χ1) is 15.9. The number of hydrogen-bond acceptors (Lipinski definition) is 6. The van der Waals surface area contributed by atoms with Crippen molar-refractivity contribution in [3.63, 3.8) is 0 Å². The van der Waals surface area contributed by atoms with Crippen LogP contribution in [0.4, 0.5) is 17.1 Å². The molecule has 0 bridgehead atoms. The van der Waals surface area contributed by atoms with Gasteiger partial charge < -0.3 is 15.4 Å². The minimum absolute atomic E-state index is 0.143. The number of carbonyl (C=O) groups is 2. The Hall–Kier alpha value is -2.90. The van der Waals surface area contributed by atoms with Crippen LogP contribution in [0.15, 0.2) is 53.9 Å². The molecule has 1 unspecified atom stereocenters. The number of rotatable bonds is 7. The molecule has 2 aromatic rings. The summed E-state index contributed by atoms with van der Waals surface area (Å²) in [5.74, 6) is -0.330. The van der Waals surface area contributed by atoms with Crippen LogP contribution in [0.25, 0.3) is 0 Å². The second-order valence-corrected chi connectivity index (χ2v) is 9.40. The maximum absolute atomic E-state index is 13.3. The van der Waals surface area contributed by atoms with Gasteiger partial charge in [0.15, 0.2) is 6.29 Å². The van der Waals surface area contributed by atoms with Crippen LogP contribution in [-0.4, -0.2) is 36.2 Å². The van der Waals surface area contributed by atoms with Gasteiger partial charge >= 0.3 is 5.97 Å². The van der Waals surface area contributed by atoms with Crippen molar-refractivity contribution in [1.82, 2.24) is 4.90 Å². The summed E-state index contributed by atoms with van der Waals surface area (Å²) in [6.07, 6.45) is 1.89. The van der Waals surface area contributed by atoms with E-state index in [-0.39, 0.29) is 12.4 Å². The molecule has 9 heteroatoms. The number of halogens is 2. The van der Waals surface area contributed by atoms with Gasteiger partial charge in [0.25, 0.3) is 0 Å². The standard InChI is InChI=1S/C24H24Cl2N4O3/c1-14-22(23(32)33-13-15-6-7-15)30-20-5-3-2-4-19(20)29(18-9-8-16(25)12-17(18)26)24(30)28(14)11-10-21(27)31/h2-5,8-9,12,15,24H,6-7,10-11,13H2,1H3,(H2,27,31). The Morgan fingerprint density at radius 3 is 2.39 bits per heavy atom. The molecule has 2 N–H and O–H groups in total. The number of amides is 1. The van der Waals surface area contributed by atoms with Crippen LogP contribution in [0.5, 0.6) is 0 Å². The number of allylic oxidation sites excluding steroid dienone is 1. The lowest BCUT2D eigenvalue weighted by atomic mass is 10.2. The van der Waals surface area contributed by atoms with E-state index in [2.05, 4.69) is 4.90 Å². The summed E-state index contributed by atoms with van der Waals surface area (Å²) in [6.45, 7) is 2.64. The molecule has 0 saturated heterocycles. The molecular formula is C24H24Cl2N4O3. The fraction of sp³-hybridized carbons (Fsp3) is 0.333. The van der Waals surface area contributed by atoms with Gasteiger partial charge in [-0.25, -0.2) is 4.79 Å².